The number of hydrogen-bond acceptors (Lipinski definition) is 9. The third-order valence-electron chi connectivity index (χ3n) is 5.43. The van der Waals surface area contributed by atoms with Crippen LogP contribution in [-0.4, -0.2) is 83.1 Å². The predicted molar refractivity (Wildman–Crippen MR) is 137 cm³/mol. The van der Waals surface area contributed by atoms with E-state index in [1.165, 1.54) is 0 Å². The van der Waals surface area contributed by atoms with Crippen molar-refractivity contribution >= 4 is 28.7 Å². The second-order valence-corrected chi connectivity index (χ2v) is 10.4. The molecule has 10 nitrogen and oxygen atoms in total. The number of nitrogens with one attached hydrogen (secondary N) is 2. The van der Waals surface area contributed by atoms with E-state index in [4.69, 9.17) is 9.47 Å². The van der Waals surface area contributed by atoms with Gasteiger partial charge in [0.15, 0.2) is 5.12 Å². The zero-order chi connectivity index (χ0) is 27.1. The second kappa shape index (κ2) is 16.5. The van der Waals surface area contributed by atoms with Gasteiger partial charge < -0.3 is 35.4 Å². The van der Waals surface area contributed by atoms with Crippen LogP contribution in [0.4, 0.5) is 0 Å². The number of aliphatic hydroxyl groups is 3. The number of methoxy groups -OCH3 is 1. The van der Waals surface area contributed by atoms with Gasteiger partial charge in [0.25, 0.3) is 0 Å². The zero-order valence-corrected chi connectivity index (χ0v) is 22.3. The van der Waals surface area contributed by atoms with Crippen LogP contribution in [0.5, 0.6) is 5.75 Å². The van der Waals surface area contributed by atoms with Crippen LogP contribution < -0.4 is 15.4 Å². The Morgan fingerprint density at radius 3 is 2.36 bits per heavy atom. The average molecular weight is 529 g/mol. The average Bonchev–Trinajstić information content (AvgIpc) is 2.84. The third-order valence-corrected chi connectivity index (χ3v) is 6.33. The van der Waals surface area contributed by atoms with Crippen LogP contribution in [0.2, 0.25) is 0 Å². The number of carbonyl (C=O) groups is 3. The number of rotatable bonds is 17. The fraction of sp³-hybridized carbons (Fsp3) is 0.640. The van der Waals surface area contributed by atoms with E-state index in [-0.39, 0.29) is 49.7 Å². The van der Waals surface area contributed by atoms with Crippen LogP contribution in [0.25, 0.3) is 0 Å². The number of ether oxygens (including phenoxy) is 2. The first-order chi connectivity index (χ1) is 17.0. The van der Waals surface area contributed by atoms with Crippen molar-refractivity contribution in [3.05, 3.63) is 29.8 Å². The van der Waals surface area contributed by atoms with Gasteiger partial charge in [-0.1, -0.05) is 37.7 Å². The summed E-state index contributed by atoms with van der Waals surface area (Å²) in [6.07, 6.45) is -2.09. The predicted octanol–water partition coefficient (Wildman–Crippen LogP) is 1.00. The molecule has 0 heterocycles. The molecule has 5 N–H and O–H groups in total. The summed E-state index contributed by atoms with van der Waals surface area (Å²) in [7, 11) is 1.60. The Morgan fingerprint density at radius 2 is 1.75 bits per heavy atom. The summed E-state index contributed by atoms with van der Waals surface area (Å²) in [4.78, 5) is 35.8. The Hall–Kier alpha value is -2.18. The summed E-state index contributed by atoms with van der Waals surface area (Å²) in [5.74, 6) is 0.169. The van der Waals surface area contributed by atoms with Crippen molar-refractivity contribution in [3.63, 3.8) is 0 Å². The van der Waals surface area contributed by atoms with Crippen LogP contribution in [0.1, 0.15) is 45.6 Å². The molecular weight excluding hydrogens is 488 g/mol. The molecular formula is C25H40N2O8S. The van der Waals surface area contributed by atoms with E-state index >= 15 is 0 Å². The molecule has 1 aromatic rings. The number of aliphatic hydroxyl groups excluding tert-OH is 3. The molecule has 0 spiro atoms. The maximum Gasteiger partial charge on any atom is 0.249 e. The van der Waals surface area contributed by atoms with Gasteiger partial charge in [-0.05, 0) is 31.0 Å². The highest BCUT2D eigenvalue weighted by atomic mass is 32.2. The molecule has 204 valence electrons. The summed E-state index contributed by atoms with van der Waals surface area (Å²) in [6, 6.07) is 7.50. The molecule has 3 atom stereocenters. The molecule has 2 amide bonds. The van der Waals surface area contributed by atoms with E-state index in [1.54, 1.807) is 21.0 Å². The summed E-state index contributed by atoms with van der Waals surface area (Å²) in [6.45, 7) is 5.30. The van der Waals surface area contributed by atoms with Gasteiger partial charge in [-0.15, -0.1) is 0 Å². The molecule has 0 aliphatic heterocycles. The Morgan fingerprint density at radius 1 is 1.08 bits per heavy atom. The van der Waals surface area contributed by atoms with Crippen molar-refractivity contribution in [1.29, 1.82) is 0 Å². The quantitative estimate of drug-likeness (QED) is 0.186. The number of carbonyl (C=O) groups excluding carboxylic acids is 3. The van der Waals surface area contributed by atoms with E-state index in [9.17, 15) is 29.7 Å². The first-order valence-corrected chi connectivity index (χ1v) is 12.9. The molecule has 2 unspecified atom stereocenters. The molecule has 1 rings (SSSR count). The highest BCUT2D eigenvalue weighted by molar-refractivity contribution is 8.13. The van der Waals surface area contributed by atoms with Crippen LogP contribution in [0.3, 0.4) is 0 Å². The number of amides is 2. The largest absolute Gasteiger partial charge is 0.497 e. The lowest BCUT2D eigenvalue weighted by atomic mass is 9.87. The van der Waals surface area contributed by atoms with Crippen LogP contribution in [0.15, 0.2) is 24.3 Å². The van der Waals surface area contributed by atoms with E-state index in [0.717, 1.165) is 23.1 Å². The van der Waals surface area contributed by atoms with Crippen molar-refractivity contribution < 1.29 is 39.2 Å². The number of benzene rings is 1. The maximum atomic E-state index is 12.1. The van der Waals surface area contributed by atoms with E-state index in [1.807, 2.05) is 31.2 Å². The van der Waals surface area contributed by atoms with Crippen molar-refractivity contribution in [2.45, 2.75) is 65.0 Å². The Labute approximate surface area is 217 Å². The number of hydrogen-bond donors (Lipinski definition) is 5. The minimum Gasteiger partial charge on any atom is -0.497 e. The second-order valence-electron chi connectivity index (χ2n) is 9.22. The number of thioether (sulfide) groups is 1. The van der Waals surface area contributed by atoms with Gasteiger partial charge >= 0.3 is 0 Å². The third kappa shape index (κ3) is 12.7. The maximum absolute atomic E-state index is 12.1. The van der Waals surface area contributed by atoms with Gasteiger partial charge in [-0.3, -0.25) is 14.4 Å². The SMILES string of the molecule is COc1ccc(COC(C)CC(O)CC(=O)SCCNC(=O)CCNC(=O)[C@H](O)C(C)(C)CO)cc1. The van der Waals surface area contributed by atoms with Gasteiger partial charge in [0.05, 0.1) is 32.5 Å². The van der Waals surface area contributed by atoms with Crippen molar-refractivity contribution in [1.82, 2.24) is 10.6 Å². The van der Waals surface area contributed by atoms with Crippen molar-refractivity contribution in [2.75, 3.05) is 32.6 Å². The molecule has 0 fully saturated rings. The summed E-state index contributed by atoms with van der Waals surface area (Å²) in [5, 5.41) is 34.2. The molecule has 0 aliphatic rings. The van der Waals surface area contributed by atoms with E-state index in [2.05, 4.69) is 10.6 Å². The van der Waals surface area contributed by atoms with Gasteiger partial charge in [0.1, 0.15) is 11.9 Å². The monoisotopic (exact) mass is 528 g/mol. The van der Waals surface area contributed by atoms with Crippen molar-refractivity contribution in [2.24, 2.45) is 5.41 Å². The molecule has 1 aromatic carbocycles. The molecule has 0 radical (unpaired) electrons. The molecule has 0 aliphatic carbocycles. The van der Waals surface area contributed by atoms with Gasteiger partial charge in [-0.2, -0.15) is 0 Å². The zero-order valence-electron chi connectivity index (χ0n) is 21.5. The standard InChI is InChI=1S/C25H40N2O8S/c1-17(35-15-18-5-7-20(34-4)8-6-18)13-19(29)14-22(31)36-12-11-26-21(30)9-10-27-24(33)23(32)25(2,3)16-28/h5-8,17,19,23,28-29,32H,9-16H2,1-4H3,(H,26,30)(H,27,33)/t17?,19?,23-/m0/s1. The molecule has 11 heteroatoms. The van der Waals surface area contributed by atoms with Crippen LogP contribution in [-0.2, 0) is 25.7 Å². The minimum absolute atomic E-state index is 0.00655. The van der Waals surface area contributed by atoms with Crippen LogP contribution in [0, 0.1) is 5.41 Å². The van der Waals surface area contributed by atoms with E-state index in [0.29, 0.717) is 18.8 Å². The van der Waals surface area contributed by atoms with Gasteiger partial charge in [-0.25, -0.2) is 0 Å². The van der Waals surface area contributed by atoms with Crippen molar-refractivity contribution in [3.8, 4) is 5.75 Å². The summed E-state index contributed by atoms with van der Waals surface area (Å²) >= 11 is 1.03. The highest BCUT2D eigenvalue weighted by Crippen LogP contribution is 2.19. The first kappa shape index (κ1) is 31.8. The fourth-order valence-corrected chi connectivity index (χ4v) is 3.77. The molecule has 36 heavy (non-hydrogen) atoms. The first-order valence-electron chi connectivity index (χ1n) is 11.9. The molecule has 0 saturated heterocycles. The minimum atomic E-state index is -1.38. The van der Waals surface area contributed by atoms with Gasteiger partial charge in [0, 0.05) is 37.1 Å². The van der Waals surface area contributed by atoms with E-state index < -0.39 is 23.5 Å². The fourth-order valence-electron chi connectivity index (χ4n) is 3.03. The Balaban J connectivity index is 2.15. The molecule has 0 aromatic heterocycles. The normalized spacial score (nSPS) is 14.0. The molecule has 0 bridgehead atoms. The van der Waals surface area contributed by atoms with Crippen LogP contribution >= 0.6 is 11.8 Å². The summed E-state index contributed by atoms with van der Waals surface area (Å²) < 4.78 is 10.9. The topological polar surface area (TPSA) is 154 Å². The lowest BCUT2D eigenvalue weighted by Crippen LogP contribution is -2.46. The lowest BCUT2D eigenvalue weighted by Gasteiger charge is -2.27. The highest BCUT2D eigenvalue weighted by Gasteiger charge is 2.32. The Bertz CT molecular complexity index is 819. The molecule has 0 saturated carbocycles. The smallest absolute Gasteiger partial charge is 0.249 e. The Kier molecular flexibility index (Phi) is 14.6. The summed E-state index contributed by atoms with van der Waals surface area (Å²) in [5.41, 5.74) is 0.00265. The van der Waals surface area contributed by atoms with Gasteiger partial charge in [0.2, 0.25) is 11.8 Å². The lowest BCUT2D eigenvalue weighted by molar-refractivity contribution is -0.137.